The summed E-state index contributed by atoms with van der Waals surface area (Å²) in [7, 11) is 0. The second-order valence-corrected chi connectivity index (χ2v) is 6.90. The SMILES string of the molecule is CC1(CO)CCN(C(=O)C(C)(C)Br)C1. The van der Waals surface area contributed by atoms with E-state index in [1.807, 2.05) is 25.7 Å². The second-order valence-electron chi connectivity index (χ2n) is 4.92. The average molecular weight is 264 g/mol. The van der Waals surface area contributed by atoms with Crippen LogP contribution in [0.1, 0.15) is 27.2 Å². The molecule has 0 aliphatic carbocycles. The van der Waals surface area contributed by atoms with Gasteiger partial charge in [0.2, 0.25) is 5.91 Å². The van der Waals surface area contributed by atoms with E-state index in [-0.39, 0.29) is 17.9 Å². The van der Waals surface area contributed by atoms with Crippen LogP contribution >= 0.6 is 15.9 Å². The Morgan fingerprint density at radius 1 is 1.64 bits per heavy atom. The number of hydrogen-bond donors (Lipinski definition) is 1. The zero-order chi connectivity index (χ0) is 11.0. The molecule has 1 aliphatic heterocycles. The molecule has 0 radical (unpaired) electrons. The number of halogens is 1. The molecule has 82 valence electrons. The van der Waals surface area contributed by atoms with E-state index in [0.29, 0.717) is 6.54 Å². The predicted molar refractivity (Wildman–Crippen MR) is 59.4 cm³/mol. The quantitative estimate of drug-likeness (QED) is 0.766. The standard InChI is InChI=1S/C10H18BrNO2/c1-9(2,11)8(14)12-5-4-10(3,6-12)7-13/h13H,4-7H2,1-3H3. The number of aliphatic hydroxyl groups excluding tert-OH is 1. The topological polar surface area (TPSA) is 40.5 Å². The van der Waals surface area contributed by atoms with Gasteiger partial charge in [0.25, 0.3) is 0 Å². The van der Waals surface area contributed by atoms with Crippen LogP contribution in [-0.2, 0) is 4.79 Å². The zero-order valence-corrected chi connectivity index (χ0v) is 10.6. The normalized spacial score (nSPS) is 28.2. The highest BCUT2D eigenvalue weighted by Crippen LogP contribution is 2.31. The summed E-state index contributed by atoms with van der Waals surface area (Å²) in [5, 5.41) is 9.18. The van der Waals surface area contributed by atoms with Crippen molar-refractivity contribution in [2.75, 3.05) is 19.7 Å². The third kappa shape index (κ3) is 2.48. The molecule has 1 atom stereocenters. The molecule has 4 heteroatoms. The molecule has 0 aromatic heterocycles. The maximum atomic E-state index is 11.9. The molecular weight excluding hydrogens is 246 g/mol. The predicted octanol–water partition coefficient (Wildman–Crippen LogP) is 1.39. The number of hydrogen-bond acceptors (Lipinski definition) is 2. The maximum Gasteiger partial charge on any atom is 0.238 e. The Bertz CT molecular complexity index is 237. The van der Waals surface area contributed by atoms with Crippen molar-refractivity contribution < 1.29 is 9.90 Å². The zero-order valence-electron chi connectivity index (χ0n) is 9.01. The highest BCUT2D eigenvalue weighted by atomic mass is 79.9. The summed E-state index contributed by atoms with van der Waals surface area (Å²) in [6, 6.07) is 0. The van der Waals surface area contributed by atoms with Gasteiger partial charge in [-0.15, -0.1) is 0 Å². The van der Waals surface area contributed by atoms with Crippen molar-refractivity contribution >= 4 is 21.8 Å². The molecule has 0 aromatic rings. The third-order valence-electron chi connectivity index (χ3n) is 2.74. The van der Waals surface area contributed by atoms with Crippen LogP contribution in [0.2, 0.25) is 0 Å². The van der Waals surface area contributed by atoms with Crippen molar-refractivity contribution in [3.05, 3.63) is 0 Å². The van der Waals surface area contributed by atoms with Gasteiger partial charge in [0.15, 0.2) is 0 Å². The fraction of sp³-hybridized carbons (Fsp3) is 0.900. The molecule has 0 spiro atoms. The summed E-state index contributed by atoms with van der Waals surface area (Å²) in [6.45, 7) is 7.29. The van der Waals surface area contributed by atoms with E-state index >= 15 is 0 Å². The smallest absolute Gasteiger partial charge is 0.238 e. The van der Waals surface area contributed by atoms with Gasteiger partial charge in [-0.3, -0.25) is 4.79 Å². The molecule has 1 aliphatic rings. The van der Waals surface area contributed by atoms with Gasteiger partial charge in [-0.2, -0.15) is 0 Å². The van der Waals surface area contributed by atoms with E-state index in [0.717, 1.165) is 13.0 Å². The Labute approximate surface area is 93.6 Å². The number of rotatable bonds is 2. The van der Waals surface area contributed by atoms with E-state index in [1.165, 1.54) is 0 Å². The molecular formula is C10H18BrNO2. The van der Waals surface area contributed by atoms with Gasteiger partial charge in [0.1, 0.15) is 0 Å². The highest BCUT2D eigenvalue weighted by molar-refractivity contribution is 9.10. The summed E-state index contributed by atoms with van der Waals surface area (Å²) in [4.78, 5) is 13.7. The van der Waals surface area contributed by atoms with Gasteiger partial charge in [-0.1, -0.05) is 22.9 Å². The lowest BCUT2D eigenvalue weighted by Gasteiger charge is -2.26. The second kappa shape index (κ2) is 3.81. The van der Waals surface area contributed by atoms with E-state index in [9.17, 15) is 9.90 Å². The number of likely N-dealkylation sites (tertiary alicyclic amines) is 1. The van der Waals surface area contributed by atoms with Gasteiger partial charge in [0.05, 0.1) is 10.9 Å². The monoisotopic (exact) mass is 263 g/mol. The van der Waals surface area contributed by atoms with Crippen molar-refractivity contribution in [1.29, 1.82) is 0 Å². The Morgan fingerprint density at radius 3 is 2.57 bits per heavy atom. The van der Waals surface area contributed by atoms with E-state index < -0.39 is 4.32 Å². The van der Waals surface area contributed by atoms with Gasteiger partial charge in [-0.25, -0.2) is 0 Å². The van der Waals surface area contributed by atoms with Crippen LogP contribution in [0.15, 0.2) is 0 Å². The lowest BCUT2D eigenvalue weighted by molar-refractivity contribution is -0.132. The molecule has 14 heavy (non-hydrogen) atoms. The Hall–Kier alpha value is -0.0900. The third-order valence-corrected chi connectivity index (χ3v) is 3.07. The molecule has 3 nitrogen and oxygen atoms in total. The fourth-order valence-corrected chi connectivity index (χ4v) is 1.95. The lowest BCUT2D eigenvalue weighted by atomic mass is 9.91. The highest BCUT2D eigenvalue weighted by Gasteiger charge is 2.39. The number of carbonyl (C=O) groups is 1. The summed E-state index contributed by atoms with van der Waals surface area (Å²) in [5.41, 5.74) is -0.103. The molecule has 1 N–H and O–H groups in total. The van der Waals surface area contributed by atoms with E-state index in [4.69, 9.17) is 0 Å². The van der Waals surface area contributed by atoms with Crippen molar-refractivity contribution in [1.82, 2.24) is 4.90 Å². The molecule has 1 heterocycles. The maximum absolute atomic E-state index is 11.9. The largest absolute Gasteiger partial charge is 0.396 e. The number of amides is 1. The number of carbonyl (C=O) groups excluding carboxylic acids is 1. The van der Waals surface area contributed by atoms with Crippen LogP contribution < -0.4 is 0 Å². The van der Waals surface area contributed by atoms with Crippen LogP contribution in [0.5, 0.6) is 0 Å². The van der Waals surface area contributed by atoms with E-state index in [2.05, 4.69) is 15.9 Å². The minimum Gasteiger partial charge on any atom is -0.396 e. The van der Waals surface area contributed by atoms with Gasteiger partial charge in [0, 0.05) is 18.5 Å². The van der Waals surface area contributed by atoms with Crippen LogP contribution in [-0.4, -0.2) is 39.9 Å². The molecule has 1 saturated heterocycles. The van der Waals surface area contributed by atoms with Crippen LogP contribution in [0.4, 0.5) is 0 Å². The molecule has 0 bridgehead atoms. The summed E-state index contributed by atoms with van der Waals surface area (Å²) >= 11 is 3.36. The number of alkyl halides is 1. The Morgan fingerprint density at radius 2 is 2.21 bits per heavy atom. The van der Waals surface area contributed by atoms with Crippen molar-refractivity contribution in [3.8, 4) is 0 Å². The number of aliphatic hydroxyl groups is 1. The van der Waals surface area contributed by atoms with Gasteiger partial charge < -0.3 is 10.0 Å². The molecule has 0 aromatic carbocycles. The van der Waals surface area contributed by atoms with Gasteiger partial charge in [-0.05, 0) is 20.3 Å². The first-order valence-electron chi connectivity index (χ1n) is 4.88. The summed E-state index contributed by atoms with van der Waals surface area (Å²) in [5.74, 6) is 0.106. The summed E-state index contributed by atoms with van der Waals surface area (Å²) in [6.07, 6.45) is 0.887. The molecule has 1 rings (SSSR count). The van der Waals surface area contributed by atoms with Gasteiger partial charge >= 0.3 is 0 Å². The Kier molecular flexibility index (Phi) is 3.26. The minimum absolute atomic E-state index is 0.103. The average Bonchev–Trinajstić information content (AvgIpc) is 2.46. The van der Waals surface area contributed by atoms with Crippen LogP contribution in [0.3, 0.4) is 0 Å². The fourth-order valence-electron chi connectivity index (χ4n) is 1.70. The molecule has 1 amide bonds. The lowest BCUT2D eigenvalue weighted by Crippen LogP contribution is -2.41. The molecule has 1 unspecified atom stereocenters. The van der Waals surface area contributed by atoms with Crippen molar-refractivity contribution in [3.63, 3.8) is 0 Å². The first kappa shape index (κ1) is 12.0. The Balaban J connectivity index is 2.63. The van der Waals surface area contributed by atoms with Crippen molar-refractivity contribution in [2.45, 2.75) is 31.5 Å². The van der Waals surface area contributed by atoms with E-state index in [1.54, 1.807) is 0 Å². The minimum atomic E-state index is -0.492. The first-order chi connectivity index (χ1) is 6.28. The molecule has 1 fully saturated rings. The first-order valence-corrected chi connectivity index (χ1v) is 5.67. The van der Waals surface area contributed by atoms with Crippen LogP contribution in [0, 0.1) is 5.41 Å². The molecule has 0 saturated carbocycles. The van der Waals surface area contributed by atoms with Crippen molar-refractivity contribution in [2.24, 2.45) is 5.41 Å². The number of nitrogens with zero attached hydrogens (tertiary/aromatic N) is 1. The van der Waals surface area contributed by atoms with Crippen LogP contribution in [0.25, 0.3) is 0 Å². The summed E-state index contributed by atoms with van der Waals surface area (Å²) < 4.78 is -0.492.